The lowest BCUT2D eigenvalue weighted by molar-refractivity contribution is 0.310. The van der Waals surface area contributed by atoms with Gasteiger partial charge in [-0.3, -0.25) is 0 Å². The van der Waals surface area contributed by atoms with Gasteiger partial charge in [-0.25, -0.2) is 0 Å². The van der Waals surface area contributed by atoms with Crippen LogP contribution in [0.25, 0.3) is 0 Å². The van der Waals surface area contributed by atoms with E-state index in [1.807, 2.05) is 32.8 Å². The van der Waals surface area contributed by atoms with Crippen molar-refractivity contribution in [2.75, 3.05) is 25.6 Å². The van der Waals surface area contributed by atoms with E-state index in [9.17, 15) is 0 Å². The number of rotatable bonds is 3. The third-order valence-corrected chi connectivity index (χ3v) is 1.39. The van der Waals surface area contributed by atoms with Crippen molar-refractivity contribution in [1.29, 1.82) is 0 Å². The van der Waals surface area contributed by atoms with E-state index < -0.39 is 0 Å². The monoisotopic (exact) mass is 182 g/mol. The molecule has 0 bridgehead atoms. The summed E-state index contributed by atoms with van der Waals surface area (Å²) in [5.41, 5.74) is 0. The molecule has 0 saturated carbocycles. The van der Waals surface area contributed by atoms with Gasteiger partial charge in [-0.2, -0.15) is 15.0 Å². The number of ether oxygens (including phenoxy) is 1. The van der Waals surface area contributed by atoms with Gasteiger partial charge in [-0.1, -0.05) is 0 Å². The Labute approximate surface area is 77.8 Å². The minimum absolute atomic E-state index is 0.388. The van der Waals surface area contributed by atoms with Crippen LogP contribution in [0.5, 0.6) is 6.01 Å². The van der Waals surface area contributed by atoms with E-state index in [-0.39, 0.29) is 0 Å². The van der Waals surface area contributed by atoms with E-state index in [0.717, 1.165) is 0 Å². The zero-order chi connectivity index (χ0) is 9.84. The van der Waals surface area contributed by atoms with Crippen molar-refractivity contribution in [3.05, 3.63) is 5.82 Å². The van der Waals surface area contributed by atoms with Crippen LogP contribution in [-0.4, -0.2) is 35.7 Å². The standard InChI is InChI=1S/C8H14N4O/c1-5-13-8-10-6(2)9-7(11-8)12(3)4/h5H2,1-4H3. The number of aryl methyl sites for hydroxylation is 1. The lowest BCUT2D eigenvalue weighted by atomic mass is 10.7. The van der Waals surface area contributed by atoms with E-state index in [4.69, 9.17) is 4.74 Å². The highest BCUT2D eigenvalue weighted by Crippen LogP contribution is 2.08. The first-order chi connectivity index (χ1) is 6.13. The minimum Gasteiger partial charge on any atom is -0.464 e. The number of nitrogens with zero attached hydrogens (tertiary/aromatic N) is 4. The van der Waals surface area contributed by atoms with Crippen molar-refractivity contribution in [1.82, 2.24) is 15.0 Å². The summed E-state index contributed by atoms with van der Waals surface area (Å²) in [4.78, 5) is 14.1. The van der Waals surface area contributed by atoms with Crippen molar-refractivity contribution < 1.29 is 4.74 Å². The molecule has 1 heterocycles. The van der Waals surface area contributed by atoms with Gasteiger partial charge >= 0.3 is 6.01 Å². The lowest BCUT2D eigenvalue weighted by Gasteiger charge is -2.11. The maximum absolute atomic E-state index is 5.19. The molecule has 0 unspecified atom stereocenters. The number of aromatic nitrogens is 3. The molecule has 0 aliphatic heterocycles. The first kappa shape index (κ1) is 9.70. The van der Waals surface area contributed by atoms with Crippen molar-refractivity contribution >= 4 is 5.95 Å². The Morgan fingerprint density at radius 1 is 1.23 bits per heavy atom. The van der Waals surface area contributed by atoms with Gasteiger partial charge < -0.3 is 9.64 Å². The maximum atomic E-state index is 5.19. The molecule has 0 aliphatic rings. The molecule has 0 N–H and O–H groups in total. The van der Waals surface area contributed by atoms with Gasteiger partial charge in [-0.15, -0.1) is 0 Å². The van der Waals surface area contributed by atoms with Gasteiger partial charge in [0.25, 0.3) is 0 Å². The molecule has 0 aromatic carbocycles. The first-order valence-corrected chi connectivity index (χ1v) is 4.16. The summed E-state index contributed by atoms with van der Waals surface area (Å²) in [6, 6.07) is 0.388. The largest absolute Gasteiger partial charge is 0.464 e. The van der Waals surface area contributed by atoms with E-state index >= 15 is 0 Å². The molecule has 0 aliphatic carbocycles. The van der Waals surface area contributed by atoms with Crippen molar-refractivity contribution in [3.63, 3.8) is 0 Å². The van der Waals surface area contributed by atoms with E-state index in [0.29, 0.717) is 24.4 Å². The maximum Gasteiger partial charge on any atom is 0.321 e. The molecule has 1 aromatic heterocycles. The Morgan fingerprint density at radius 2 is 1.92 bits per heavy atom. The fourth-order valence-corrected chi connectivity index (χ4v) is 0.837. The quantitative estimate of drug-likeness (QED) is 0.686. The molecule has 5 nitrogen and oxygen atoms in total. The molecule has 0 saturated heterocycles. The van der Waals surface area contributed by atoms with Crippen LogP contribution >= 0.6 is 0 Å². The minimum atomic E-state index is 0.388. The predicted octanol–water partition coefficient (Wildman–Crippen LogP) is 0.645. The van der Waals surface area contributed by atoms with E-state index in [1.165, 1.54) is 0 Å². The van der Waals surface area contributed by atoms with Crippen molar-refractivity contribution in [2.24, 2.45) is 0 Å². The molecule has 1 rings (SSSR count). The molecular weight excluding hydrogens is 168 g/mol. The normalized spacial score (nSPS) is 9.85. The predicted molar refractivity (Wildman–Crippen MR) is 50.1 cm³/mol. The summed E-state index contributed by atoms with van der Waals surface area (Å²) >= 11 is 0. The summed E-state index contributed by atoms with van der Waals surface area (Å²) < 4.78 is 5.19. The topological polar surface area (TPSA) is 51.1 Å². The number of anilines is 1. The Bertz CT molecular complexity index is 287. The van der Waals surface area contributed by atoms with Crippen LogP contribution in [0.4, 0.5) is 5.95 Å². The van der Waals surface area contributed by atoms with Crippen LogP contribution in [0.2, 0.25) is 0 Å². The van der Waals surface area contributed by atoms with E-state index in [1.54, 1.807) is 0 Å². The number of hydrogen-bond donors (Lipinski definition) is 0. The van der Waals surface area contributed by atoms with Crippen LogP contribution < -0.4 is 9.64 Å². The van der Waals surface area contributed by atoms with Crippen LogP contribution in [0.1, 0.15) is 12.7 Å². The molecule has 0 spiro atoms. The molecule has 0 radical (unpaired) electrons. The van der Waals surface area contributed by atoms with Crippen LogP contribution in [-0.2, 0) is 0 Å². The molecular formula is C8H14N4O. The van der Waals surface area contributed by atoms with Crippen LogP contribution in [0.3, 0.4) is 0 Å². The average Bonchev–Trinajstić information content (AvgIpc) is 2.03. The zero-order valence-corrected chi connectivity index (χ0v) is 8.40. The summed E-state index contributed by atoms with van der Waals surface area (Å²) in [5, 5.41) is 0. The Balaban J connectivity index is 2.96. The van der Waals surface area contributed by atoms with Crippen LogP contribution in [0, 0.1) is 6.92 Å². The van der Waals surface area contributed by atoms with Gasteiger partial charge in [0.05, 0.1) is 6.61 Å². The second-order valence-electron chi connectivity index (χ2n) is 2.79. The fraction of sp³-hybridized carbons (Fsp3) is 0.625. The zero-order valence-electron chi connectivity index (χ0n) is 8.40. The summed E-state index contributed by atoms with van der Waals surface area (Å²) in [7, 11) is 3.76. The van der Waals surface area contributed by atoms with Gasteiger partial charge in [0.15, 0.2) is 0 Å². The van der Waals surface area contributed by atoms with Crippen molar-refractivity contribution in [3.8, 4) is 6.01 Å². The fourth-order valence-electron chi connectivity index (χ4n) is 0.837. The molecule has 5 heteroatoms. The molecule has 1 aromatic rings. The number of hydrogen-bond acceptors (Lipinski definition) is 5. The Morgan fingerprint density at radius 3 is 2.46 bits per heavy atom. The van der Waals surface area contributed by atoms with Gasteiger partial charge in [0, 0.05) is 14.1 Å². The van der Waals surface area contributed by atoms with Gasteiger partial charge in [0.1, 0.15) is 5.82 Å². The molecule has 72 valence electrons. The second kappa shape index (κ2) is 4.02. The Hall–Kier alpha value is -1.39. The summed E-state index contributed by atoms with van der Waals surface area (Å²) in [5.74, 6) is 1.29. The summed E-state index contributed by atoms with van der Waals surface area (Å²) in [6.07, 6.45) is 0. The highest BCUT2D eigenvalue weighted by molar-refractivity contribution is 5.27. The summed E-state index contributed by atoms with van der Waals surface area (Å²) in [6.45, 7) is 4.28. The molecule has 13 heavy (non-hydrogen) atoms. The smallest absolute Gasteiger partial charge is 0.321 e. The highest BCUT2D eigenvalue weighted by Gasteiger charge is 2.04. The highest BCUT2D eigenvalue weighted by atomic mass is 16.5. The Kier molecular flexibility index (Phi) is 3.00. The third kappa shape index (κ3) is 2.54. The third-order valence-electron chi connectivity index (χ3n) is 1.39. The molecule has 0 atom stereocenters. The van der Waals surface area contributed by atoms with E-state index in [2.05, 4.69) is 15.0 Å². The second-order valence-corrected chi connectivity index (χ2v) is 2.79. The molecule has 0 amide bonds. The van der Waals surface area contributed by atoms with Crippen LogP contribution in [0.15, 0.2) is 0 Å². The van der Waals surface area contributed by atoms with Gasteiger partial charge in [0.2, 0.25) is 5.95 Å². The lowest BCUT2D eigenvalue weighted by Crippen LogP contribution is -2.15. The molecule has 0 fully saturated rings. The average molecular weight is 182 g/mol. The first-order valence-electron chi connectivity index (χ1n) is 4.16. The SMILES string of the molecule is CCOc1nc(C)nc(N(C)C)n1. The van der Waals surface area contributed by atoms with Crippen molar-refractivity contribution in [2.45, 2.75) is 13.8 Å². The van der Waals surface area contributed by atoms with Gasteiger partial charge in [-0.05, 0) is 13.8 Å².